The summed E-state index contributed by atoms with van der Waals surface area (Å²) in [5.74, 6) is -1.92. The smallest absolute Gasteiger partial charge is 0.408 e. The van der Waals surface area contributed by atoms with Crippen molar-refractivity contribution >= 4 is 23.9 Å². The molecule has 0 spiro atoms. The molecule has 0 saturated carbocycles. The first-order chi connectivity index (χ1) is 13.2. The lowest BCUT2D eigenvalue weighted by Crippen LogP contribution is -2.52. The van der Waals surface area contributed by atoms with Crippen molar-refractivity contribution in [3.63, 3.8) is 0 Å². The summed E-state index contributed by atoms with van der Waals surface area (Å²) in [5.41, 5.74) is 0.819. The van der Waals surface area contributed by atoms with Crippen LogP contribution < -0.4 is 16.0 Å². The normalized spacial score (nSPS) is 12.5. The van der Waals surface area contributed by atoms with E-state index < -0.39 is 36.0 Å². The van der Waals surface area contributed by atoms with Crippen molar-refractivity contribution in [3.8, 4) is 0 Å². The van der Waals surface area contributed by atoms with E-state index in [-0.39, 0.29) is 19.1 Å². The summed E-state index contributed by atoms with van der Waals surface area (Å²) >= 11 is 0. The Morgan fingerprint density at radius 1 is 1.00 bits per heavy atom. The van der Waals surface area contributed by atoms with Gasteiger partial charge in [-0.15, -0.1) is 0 Å². The van der Waals surface area contributed by atoms with Gasteiger partial charge in [0, 0.05) is 0 Å². The molecule has 9 heteroatoms. The van der Waals surface area contributed by atoms with Crippen LogP contribution in [0.25, 0.3) is 0 Å². The summed E-state index contributed by atoms with van der Waals surface area (Å²) in [5, 5.41) is 7.32. The van der Waals surface area contributed by atoms with Crippen LogP contribution in [0.3, 0.4) is 0 Å². The van der Waals surface area contributed by atoms with Gasteiger partial charge in [-0.3, -0.25) is 9.59 Å². The number of methoxy groups -OCH3 is 1. The minimum Gasteiger partial charge on any atom is -0.467 e. The van der Waals surface area contributed by atoms with Gasteiger partial charge in [-0.1, -0.05) is 44.2 Å². The second-order valence-electron chi connectivity index (χ2n) is 6.46. The lowest BCUT2D eigenvalue weighted by molar-refractivity contribution is -0.144. The Balaban J connectivity index is 2.48. The van der Waals surface area contributed by atoms with E-state index in [1.165, 1.54) is 14.0 Å². The van der Waals surface area contributed by atoms with Crippen molar-refractivity contribution in [2.24, 2.45) is 5.92 Å². The molecule has 3 amide bonds. The van der Waals surface area contributed by atoms with Crippen LogP contribution in [0.1, 0.15) is 26.3 Å². The van der Waals surface area contributed by atoms with Gasteiger partial charge in [-0.25, -0.2) is 9.59 Å². The van der Waals surface area contributed by atoms with Gasteiger partial charge in [-0.05, 0) is 18.4 Å². The number of rotatable bonds is 9. The molecule has 2 atom stereocenters. The lowest BCUT2D eigenvalue weighted by Gasteiger charge is -2.21. The zero-order chi connectivity index (χ0) is 21.1. The van der Waals surface area contributed by atoms with Crippen molar-refractivity contribution in [2.45, 2.75) is 39.5 Å². The predicted molar refractivity (Wildman–Crippen MR) is 101 cm³/mol. The number of hydrogen-bond donors (Lipinski definition) is 3. The van der Waals surface area contributed by atoms with E-state index in [9.17, 15) is 19.2 Å². The molecule has 0 bridgehead atoms. The maximum absolute atomic E-state index is 12.3. The average molecular weight is 393 g/mol. The highest BCUT2D eigenvalue weighted by atomic mass is 16.5. The highest BCUT2D eigenvalue weighted by molar-refractivity contribution is 5.91. The summed E-state index contributed by atoms with van der Waals surface area (Å²) in [6, 6.07) is 7.42. The predicted octanol–water partition coefficient (Wildman–Crippen LogP) is 0.731. The molecule has 0 aliphatic rings. The highest BCUT2D eigenvalue weighted by Gasteiger charge is 2.25. The fraction of sp³-hybridized carbons (Fsp3) is 0.474. The molecule has 0 aliphatic heterocycles. The van der Waals surface area contributed by atoms with Crippen LogP contribution in [-0.2, 0) is 30.5 Å². The first-order valence-corrected chi connectivity index (χ1v) is 8.86. The maximum atomic E-state index is 12.3. The van der Waals surface area contributed by atoms with Gasteiger partial charge in [0.25, 0.3) is 0 Å². The summed E-state index contributed by atoms with van der Waals surface area (Å²) in [6.07, 6.45) is -0.735. The third-order valence-electron chi connectivity index (χ3n) is 3.79. The summed E-state index contributed by atoms with van der Waals surface area (Å²) in [6.45, 7) is 4.70. The Labute approximate surface area is 164 Å². The molecule has 9 nitrogen and oxygen atoms in total. The number of carbonyl (C=O) groups is 4. The van der Waals surface area contributed by atoms with E-state index in [0.717, 1.165) is 5.56 Å². The largest absolute Gasteiger partial charge is 0.467 e. The monoisotopic (exact) mass is 393 g/mol. The summed E-state index contributed by atoms with van der Waals surface area (Å²) < 4.78 is 9.62. The molecule has 0 unspecified atom stereocenters. The number of nitrogens with one attached hydrogen (secondary N) is 3. The molecule has 1 rings (SSSR count). The number of alkyl carbamates (subject to hydrolysis) is 1. The quantitative estimate of drug-likeness (QED) is 0.532. The summed E-state index contributed by atoms with van der Waals surface area (Å²) in [7, 11) is 1.21. The molecule has 0 heterocycles. The highest BCUT2D eigenvalue weighted by Crippen LogP contribution is 2.04. The van der Waals surface area contributed by atoms with Crippen LogP contribution in [0.4, 0.5) is 4.79 Å². The van der Waals surface area contributed by atoms with Crippen molar-refractivity contribution in [2.75, 3.05) is 13.7 Å². The SMILES string of the molecule is COC(=O)[C@H](C)NC(=O)CNC(=O)[C@@H](NC(=O)OCc1ccccc1)C(C)C. The molecule has 0 aromatic heterocycles. The third kappa shape index (κ3) is 8.07. The first kappa shape index (κ1) is 22.9. The molecule has 28 heavy (non-hydrogen) atoms. The second kappa shape index (κ2) is 11.6. The van der Waals surface area contributed by atoms with Gasteiger partial charge in [0.1, 0.15) is 18.7 Å². The fourth-order valence-corrected chi connectivity index (χ4v) is 2.23. The first-order valence-electron chi connectivity index (χ1n) is 8.86. The molecule has 3 N–H and O–H groups in total. The zero-order valence-corrected chi connectivity index (χ0v) is 16.5. The third-order valence-corrected chi connectivity index (χ3v) is 3.79. The van der Waals surface area contributed by atoms with Crippen LogP contribution in [0, 0.1) is 5.92 Å². The van der Waals surface area contributed by atoms with E-state index in [0.29, 0.717) is 0 Å². The van der Waals surface area contributed by atoms with E-state index in [1.54, 1.807) is 13.8 Å². The molecule has 0 aliphatic carbocycles. The van der Waals surface area contributed by atoms with Crippen molar-refractivity contribution < 1.29 is 28.7 Å². The standard InChI is InChI=1S/C19H27N3O6/c1-12(2)16(22-19(26)28-11-14-8-6-5-7-9-14)17(24)20-10-15(23)21-13(3)18(25)27-4/h5-9,12-13,16H,10-11H2,1-4H3,(H,20,24)(H,21,23)(H,22,26)/t13-,16-/m0/s1. The Morgan fingerprint density at radius 2 is 1.64 bits per heavy atom. The minimum atomic E-state index is -0.880. The van der Waals surface area contributed by atoms with Gasteiger partial charge in [0.05, 0.1) is 13.7 Å². The van der Waals surface area contributed by atoms with Gasteiger partial charge < -0.3 is 25.4 Å². The Bertz CT molecular complexity index is 678. The molecule has 1 aromatic carbocycles. The van der Waals surface area contributed by atoms with Gasteiger partial charge in [0.15, 0.2) is 0 Å². The van der Waals surface area contributed by atoms with Crippen molar-refractivity contribution in [1.29, 1.82) is 0 Å². The fourth-order valence-electron chi connectivity index (χ4n) is 2.23. The number of carbonyl (C=O) groups excluding carboxylic acids is 4. The maximum Gasteiger partial charge on any atom is 0.408 e. The van der Waals surface area contributed by atoms with E-state index in [4.69, 9.17) is 4.74 Å². The zero-order valence-electron chi connectivity index (χ0n) is 16.5. The molecule has 0 fully saturated rings. The van der Waals surface area contributed by atoms with E-state index in [1.807, 2.05) is 30.3 Å². The number of esters is 1. The number of amides is 3. The van der Waals surface area contributed by atoms with Gasteiger partial charge >= 0.3 is 12.1 Å². The molecule has 1 aromatic rings. The van der Waals surface area contributed by atoms with Crippen LogP contribution in [0.2, 0.25) is 0 Å². The topological polar surface area (TPSA) is 123 Å². The number of ether oxygens (including phenoxy) is 2. The molecular weight excluding hydrogens is 366 g/mol. The van der Waals surface area contributed by atoms with Crippen LogP contribution in [0.5, 0.6) is 0 Å². The Kier molecular flexibility index (Phi) is 9.49. The Morgan fingerprint density at radius 3 is 2.21 bits per heavy atom. The Hall–Kier alpha value is -3.10. The van der Waals surface area contributed by atoms with Crippen molar-refractivity contribution in [1.82, 2.24) is 16.0 Å². The molecule has 154 valence electrons. The van der Waals surface area contributed by atoms with E-state index in [2.05, 4.69) is 20.7 Å². The average Bonchev–Trinajstić information content (AvgIpc) is 2.68. The van der Waals surface area contributed by atoms with E-state index >= 15 is 0 Å². The molecular formula is C19H27N3O6. The van der Waals surface area contributed by atoms with Gasteiger partial charge in [0.2, 0.25) is 11.8 Å². The second-order valence-corrected chi connectivity index (χ2v) is 6.46. The van der Waals surface area contributed by atoms with Crippen LogP contribution in [-0.4, -0.2) is 49.6 Å². The number of benzene rings is 1. The molecule has 0 saturated heterocycles. The summed E-state index contributed by atoms with van der Waals surface area (Å²) in [4.78, 5) is 47.4. The van der Waals surface area contributed by atoms with Crippen LogP contribution >= 0.6 is 0 Å². The van der Waals surface area contributed by atoms with Crippen molar-refractivity contribution in [3.05, 3.63) is 35.9 Å². The van der Waals surface area contributed by atoms with Gasteiger partial charge in [-0.2, -0.15) is 0 Å². The number of hydrogen-bond acceptors (Lipinski definition) is 6. The molecule has 0 radical (unpaired) electrons. The lowest BCUT2D eigenvalue weighted by atomic mass is 10.0. The minimum absolute atomic E-state index is 0.0763. The van der Waals surface area contributed by atoms with Crippen LogP contribution in [0.15, 0.2) is 30.3 Å².